The second kappa shape index (κ2) is 9.32. The van der Waals surface area contributed by atoms with Gasteiger partial charge in [-0.3, -0.25) is 10.9 Å². The minimum Gasteiger partial charge on any atom is -0.507 e. The van der Waals surface area contributed by atoms with Crippen molar-refractivity contribution in [3.8, 4) is 5.75 Å². The Balaban J connectivity index is 1.18. The molecule has 0 spiro atoms. The molecule has 6 N–H and O–H groups in total. The molecule has 0 bridgehead atoms. The highest BCUT2D eigenvalue weighted by Gasteiger charge is 2.58. The van der Waals surface area contributed by atoms with Crippen LogP contribution < -0.4 is 21.9 Å². The van der Waals surface area contributed by atoms with Crippen LogP contribution in [0.25, 0.3) is 5.70 Å². The first-order valence-electron chi connectivity index (χ1n) is 13.3. The fourth-order valence-electron chi connectivity index (χ4n) is 6.58. The minimum absolute atomic E-state index is 0.126. The molecular weight excluding hydrogens is 450 g/mol. The number of allylic oxidation sites excluding steroid dienone is 1. The summed E-state index contributed by atoms with van der Waals surface area (Å²) in [6.45, 7) is 6.36. The van der Waals surface area contributed by atoms with Gasteiger partial charge in [-0.05, 0) is 86.7 Å². The molecule has 1 saturated carbocycles. The maximum Gasteiger partial charge on any atom is 0.139 e. The molecule has 4 heterocycles. The first kappa shape index (κ1) is 23.2. The summed E-state index contributed by atoms with van der Waals surface area (Å²) < 4.78 is 0. The van der Waals surface area contributed by atoms with Crippen molar-refractivity contribution in [1.29, 1.82) is 0 Å². The molecule has 3 atom stereocenters. The molecule has 3 aliphatic heterocycles. The number of hydrogen-bond acceptors (Lipinski definition) is 8. The molecule has 8 heteroatoms. The average Bonchev–Trinajstić information content (AvgIpc) is 3.59. The van der Waals surface area contributed by atoms with Gasteiger partial charge in [-0.2, -0.15) is 0 Å². The SMILES string of the molecule is CC1CN(C2=C(N)NNC(c3ccccc3O)=C2)CCC2CC2(c2ncc(C3CCNCC3)cn2)C1. The molecule has 6 rings (SSSR count). The van der Waals surface area contributed by atoms with Gasteiger partial charge in [-0.1, -0.05) is 19.1 Å². The van der Waals surface area contributed by atoms with E-state index < -0.39 is 0 Å². The molecular formula is C28H37N7O. The number of para-hydroxylation sites is 1. The van der Waals surface area contributed by atoms with Crippen molar-refractivity contribution in [2.75, 3.05) is 26.2 Å². The smallest absolute Gasteiger partial charge is 0.139 e. The van der Waals surface area contributed by atoms with Gasteiger partial charge in [-0.25, -0.2) is 9.97 Å². The van der Waals surface area contributed by atoms with Gasteiger partial charge < -0.3 is 21.1 Å². The Bertz CT molecular complexity index is 1170. The normalized spacial score (nSPS) is 28.8. The number of likely N-dealkylation sites (tertiary alicyclic amines) is 1. The number of hydrazine groups is 1. The van der Waals surface area contributed by atoms with Crippen LogP contribution in [0.1, 0.15) is 61.9 Å². The molecule has 1 aromatic carbocycles. The second-order valence-electron chi connectivity index (χ2n) is 11.1. The van der Waals surface area contributed by atoms with Crippen LogP contribution in [-0.4, -0.2) is 46.2 Å². The van der Waals surface area contributed by atoms with Gasteiger partial charge in [0.05, 0.1) is 11.4 Å². The Labute approximate surface area is 213 Å². The molecule has 1 aromatic heterocycles. The summed E-state index contributed by atoms with van der Waals surface area (Å²) in [5.41, 5.74) is 16.6. The third-order valence-electron chi connectivity index (χ3n) is 8.58. The summed E-state index contributed by atoms with van der Waals surface area (Å²) in [6, 6.07) is 7.35. The fraction of sp³-hybridized carbons (Fsp3) is 0.500. The lowest BCUT2D eigenvalue weighted by molar-refractivity contribution is 0.238. The zero-order valence-electron chi connectivity index (χ0n) is 21.0. The zero-order chi connectivity index (χ0) is 24.7. The van der Waals surface area contributed by atoms with Crippen LogP contribution in [0.2, 0.25) is 0 Å². The Kier molecular flexibility index (Phi) is 5.99. The first-order valence-corrected chi connectivity index (χ1v) is 13.3. The van der Waals surface area contributed by atoms with E-state index in [9.17, 15) is 5.11 Å². The number of nitrogens with one attached hydrogen (secondary N) is 3. The van der Waals surface area contributed by atoms with E-state index in [0.717, 1.165) is 61.8 Å². The van der Waals surface area contributed by atoms with E-state index in [-0.39, 0.29) is 11.2 Å². The zero-order valence-corrected chi connectivity index (χ0v) is 21.0. The quantitative estimate of drug-likeness (QED) is 0.448. The number of phenols is 1. The molecule has 0 radical (unpaired) electrons. The van der Waals surface area contributed by atoms with Crippen LogP contribution in [0.15, 0.2) is 54.3 Å². The summed E-state index contributed by atoms with van der Waals surface area (Å²) in [6.07, 6.45) is 12.0. The number of benzene rings is 1. The van der Waals surface area contributed by atoms with E-state index in [1.54, 1.807) is 6.07 Å². The summed E-state index contributed by atoms with van der Waals surface area (Å²) >= 11 is 0. The van der Waals surface area contributed by atoms with Gasteiger partial charge in [0, 0.05) is 36.5 Å². The molecule has 4 aliphatic rings. The third kappa shape index (κ3) is 4.28. The van der Waals surface area contributed by atoms with Crippen LogP contribution in [-0.2, 0) is 5.41 Å². The van der Waals surface area contributed by atoms with Crippen molar-refractivity contribution in [3.05, 3.63) is 71.2 Å². The predicted octanol–water partition coefficient (Wildman–Crippen LogP) is 2.92. The predicted molar refractivity (Wildman–Crippen MR) is 140 cm³/mol. The standard InChI is InChI=1S/C28H37N7O/c1-18-13-28(27-31-15-20(16-32-27)19-6-9-30-10-7-19)14-21(28)8-11-35(17-18)24-12-23(33-34-26(24)29)22-4-2-3-5-25(22)36/h2-5,12,15-16,18-19,21,30,33-34,36H,6-11,13-14,17,29H2,1H3. The third-order valence-corrected chi connectivity index (χ3v) is 8.58. The largest absolute Gasteiger partial charge is 0.507 e. The highest BCUT2D eigenvalue weighted by atomic mass is 16.3. The number of aromatic nitrogens is 2. The van der Waals surface area contributed by atoms with Gasteiger partial charge in [0.25, 0.3) is 0 Å². The summed E-state index contributed by atoms with van der Waals surface area (Å²) in [5.74, 6) is 3.57. The van der Waals surface area contributed by atoms with Gasteiger partial charge in [0.15, 0.2) is 0 Å². The summed E-state index contributed by atoms with van der Waals surface area (Å²) in [5, 5.41) is 13.8. The van der Waals surface area contributed by atoms with Gasteiger partial charge >= 0.3 is 0 Å². The number of nitrogens with two attached hydrogens (primary N) is 1. The first-order chi connectivity index (χ1) is 17.5. The Hall–Kier alpha value is -3.26. The number of fused-ring (bicyclic) bond motifs is 1. The van der Waals surface area contributed by atoms with E-state index in [4.69, 9.17) is 15.7 Å². The molecule has 3 unspecified atom stereocenters. The van der Waals surface area contributed by atoms with Gasteiger partial charge in [0.2, 0.25) is 0 Å². The van der Waals surface area contributed by atoms with Crippen molar-refractivity contribution in [2.45, 2.75) is 50.4 Å². The van der Waals surface area contributed by atoms with Crippen molar-refractivity contribution in [1.82, 2.24) is 31.0 Å². The van der Waals surface area contributed by atoms with Crippen LogP contribution in [0, 0.1) is 11.8 Å². The highest BCUT2D eigenvalue weighted by molar-refractivity contribution is 5.71. The topological polar surface area (TPSA) is 111 Å². The Morgan fingerprint density at radius 3 is 2.61 bits per heavy atom. The number of nitrogens with zero attached hydrogens (tertiary/aromatic N) is 3. The lowest BCUT2D eigenvalue weighted by Gasteiger charge is -2.35. The number of rotatable bonds is 4. The fourth-order valence-corrected chi connectivity index (χ4v) is 6.58. The maximum atomic E-state index is 10.3. The molecule has 190 valence electrons. The van der Waals surface area contributed by atoms with E-state index in [1.807, 2.05) is 18.2 Å². The van der Waals surface area contributed by atoms with E-state index in [1.165, 1.54) is 24.8 Å². The van der Waals surface area contributed by atoms with Crippen molar-refractivity contribution in [2.24, 2.45) is 17.6 Å². The van der Waals surface area contributed by atoms with E-state index in [2.05, 4.69) is 46.5 Å². The monoisotopic (exact) mass is 487 g/mol. The molecule has 8 nitrogen and oxygen atoms in total. The number of phenolic OH excluding ortho intramolecular Hbond substituents is 1. The maximum absolute atomic E-state index is 10.3. The molecule has 3 fully saturated rings. The van der Waals surface area contributed by atoms with Crippen molar-refractivity contribution in [3.63, 3.8) is 0 Å². The second-order valence-corrected chi connectivity index (χ2v) is 11.1. The summed E-state index contributed by atoms with van der Waals surface area (Å²) in [4.78, 5) is 12.3. The number of aromatic hydroxyl groups is 1. The Morgan fingerprint density at radius 2 is 1.83 bits per heavy atom. The average molecular weight is 488 g/mol. The van der Waals surface area contributed by atoms with Gasteiger partial charge in [-0.15, -0.1) is 0 Å². The Morgan fingerprint density at radius 1 is 1.06 bits per heavy atom. The molecule has 1 aliphatic carbocycles. The van der Waals surface area contributed by atoms with Crippen LogP contribution >= 0.6 is 0 Å². The number of piperidine rings is 1. The van der Waals surface area contributed by atoms with Crippen molar-refractivity contribution < 1.29 is 5.11 Å². The number of hydrogen-bond donors (Lipinski definition) is 5. The van der Waals surface area contributed by atoms with E-state index in [0.29, 0.717) is 23.6 Å². The molecule has 36 heavy (non-hydrogen) atoms. The lowest BCUT2D eigenvalue weighted by Crippen LogP contribution is -2.43. The summed E-state index contributed by atoms with van der Waals surface area (Å²) in [7, 11) is 0. The van der Waals surface area contributed by atoms with E-state index >= 15 is 0 Å². The molecule has 2 aromatic rings. The van der Waals surface area contributed by atoms with Crippen molar-refractivity contribution >= 4 is 5.70 Å². The van der Waals surface area contributed by atoms with Crippen LogP contribution in [0.5, 0.6) is 5.75 Å². The lowest BCUT2D eigenvalue weighted by atomic mass is 9.86. The molecule has 2 saturated heterocycles. The highest BCUT2D eigenvalue weighted by Crippen LogP contribution is 2.59. The molecule has 0 amide bonds. The van der Waals surface area contributed by atoms with Gasteiger partial charge in [0.1, 0.15) is 17.4 Å². The minimum atomic E-state index is 0.126. The van der Waals surface area contributed by atoms with Crippen LogP contribution in [0.3, 0.4) is 0 Å². The van der Waals surface area contributed by atoms with Crippen LogP contribution in [0.4, 0.5) is 0 Å².